The standard InChI is InChI=1S/C22H22N2O6S2/c1-2-29-21(26)15-30-19-6-3-5-18(14-19)23-20(25)13-16-8-10-17(11-9-16)24-32(27,28)22-7-4-12-31-22/h3-12,14,24H,2,13,15H2,1H3,(H,23,25). The van der Waals surface area contributed by atoms with Gasteiger partial charge in [-0.2, -0.15) is 0 Å². The van der Waals surface area contributed by atoms with Crippen LogP contribution in [0, 0.1) is 0 Å². The normalized spacial score (nSPS) is 10.9. The topological polar surface area (TPSA) is 111 Å². The summed E-state index contributed by atoms with van der Waals surface area (Å²) in [7, 11) is -3.62. The summed E-state index contributed by atoms with van der Waals surface area (Å²) >= 11 is 1.13. The number of carbonyl (C=O) groups is 2. The highest BCUT2D eigenvalue weighted by molar-refractivity contribution is 7.94. The summed E-state index contributed by atoms with van der Waals surface area (Å²) in [6.45, 7) is 1.78. The van der Waals surface area contributed by atoms with Gasteiger partial charge < -0.3 is 14.8 Å². The molecule has 0 unspecified atom stereocenters. The number of carbonyl (C=O) groups excluding carboxylic acids is 2. The average Bonchev–Trinajstić information content (AvgIpc) is 3.30. The molecule has 0 aliphatic rings. The molecule has 1 amide bonds. The minimum Gasteiger partial charge on any atom is -0.482 e. The van der Waals surface area contributed by atoms with Gasteiger partial charge in [0, 0.05) is 17.4 Å². The highest BCUT2D eigenvalue weighted by Crippen LogP contribution is 2.21. The summed E-state index contributed by atoms with van der Waals surface area (Å²) in [5.41, 5.74) is 1.65. The maximum Gasteiger partial charge on any atom is 0.344 e. The van der Waals surface area contributed by atoms with E-state index in [2.05, 4.69) is 10.0 Å². The van der Waals surface area contributed by atoms with Crippen LogP contribution in [-0.2, 0) is 30.8 Å². The summed E-state index contributed by atoms with van der Waals surface area (Å²) in [4.78, 5) is 23.8. The van der Waals surface area contributed by atoms with Crippen molar-refractivity contribution in [3.05, 3.63) is 71.6 Å². The summed E-state index contributed by atoms with van der Waals surface area (Å²) in [6, 6.07) is 16.5. The summed E-state index contributed by atoms with van der Waals surface area (Å²) < 4.78 is 37.5. The van der Waals surface area contributed by atoms with E-state index in [1.54, 1.807) is 66.9 Å². The van der Waals surface area contributed by atoms with E-state index in [0.717, 1.165) is 16.9 Å². The molecule has 0 aliphatic carbocycles. The fraction of sp³-hybridized carbons (Fsp3) is 0.182. The van der Waals surface area contributed by atoms with Gasteiger partial charge in [0.25, 0.3) is 10.0 Å². The quantitative estimate of drug-likeness (QED) is 0.434. The number of ether oxygens (including phenoxy) is 2. The Kier molecular flexibility index (Phi) is 7.85. The lowest BCUT2D eigenvalue weighted by atomic mass is 10.1. The Hall–Kier alpha value is -3.37. The maximum atomic E-state index is 12.4. The third-order valence-corrected chi connectivity index (χ3v) is 6.89. The van der Waals surface area contributed by atoms with Crippen LogP contribution in [0.4, 0.5) is 11.4 Å². The van der Waals surface area contributed by atoms with E-state index in [1.807, 2.05) is 0 Å². The van der Waals surface area contributed by atoms with Crippen molar-refractivity contribution in [3.8, 4) is 5.75 Å². The molecule has 3 aromatic rings. The van der Waals surface area contributed by atoms with Crippen molar-refractivity contribution in [3.63, 3.8) is 0 Å². The lowest BCUT2D eigenvalue weighted by molar-refractivity contribution is -0.145. The number of rotatable bonds is 10. The molecule has 168 valence electrons. The lowest BCUT2D eigenvalue weighted by Crippen LogP contribution is -2.16. The second kappa shape index (κ2) is 10.8. The Balaban J connectivity index is 1.54. The fourth-order valence-electron chi connectivity index (χ4n) is 2.71. The third kappa shape index (κ3) is 6.82. The van der Waals surface area contributed by atoms with Crippen LogP contribution in [-0.4, -0.2) is 33.5 Å². The minimum atomic E-state index is -3.62. The van der Waals surface area contributed by atoms with Crippen LogP contribution in [0.5, 0.6) is 5.75 Å². The number of sulfonamides is 1. The molecule has 0 fully saturated rings. The van der Waals surface area contributed by atoms with E-state index >= 15 is 0 Å². The second-order valence-electron chi connectivity index (χ2n) is 6.58. The molecule has 0 atom stereocenters. The SMILES string of the molecule is CCOC(=O)COc1cccc(NC(=O)Cc2ccc(NS(=O)(=O)c3cccs3)cc2)c1. The van der Waals surface area contributed by atoms with Gasteiger partial charge in [-0.3, -0.25) is 9.52 Å². The van der Waals surface area contributed by atoms with E-state index in [4.69, 9.17) is 9.47 Å². The van der Waals surface area contributed by atoms with Crippen molar-refractivity contribution >= 4 is 44.6 Å². The van der Waals surface area contributed by atoms with Crippen molar-refractivity contribution in [1.29, 1.82) is 0 Å². The molecule has 10 heteroatoms. The Morgan fingerprint density at radius 3 is 2.47 bits per heavy atom. The van der Waals surface area contributed by atoms with Crippen LogP contribution in [0.3, 0.4) is 0 Å². The molecule has 3 rings (SSSR count). The zero-order valence-corrected chi connectivity index (χ0v) is 18.9. The van der Waals surface area contributed by atoms with Crippen molar-refractivity contribution in [1.82, 2.24) is 0 Å². The predicted octanol–water partition coefficient (Wildman–Crippen LogP) is 3.67. The molecule has 0 aliphatic heterocycles. The van der Waals surface area contributed by atoms with Gasteiger partial charge in [-0.15, -0.1) is 11.3 Å². The number of nitrogens with one attached hydrogen (secondary N) is 2. The van der Waals surface area contributed by atoms with Gasteiger partial charge in [-0.1, -0.05) is 24.3 Å². The van der Waals surface area contributed by atoms with E-state index in [1.165, 1.54) is 6.07 Å². The number of anilines is 2. The van der Waals surface area contributed by atoms with Crippen LogP contribution in [0.25, 0.3) is 0 Å². The van der Waals surface area contributed by atoms with Crippen molar-refractivity contribution < 1.29 is 27.5 Å². The van der Waals surface area contributed by atoms with Crippen LogP contribution >= 0.6 is 11.3 Å². The Labute approximate surface area is 190 Å². The molecule has 8 nitrogen and oxygen atoms in total. The van der Waals surface area contributed by atoms with Crippen molar-refractivity contribution in [2.45, 2.75) is 17.6 Å². The zero-order chi connectivity index (χ0) is 23.0. The van der Waals surface area contributed by atoms with Crippen LogP contribution in [0.1, 0.15) is 12.5 Å². The molecule has 2 N–H and O–H groups in total. The first-order valence-corrected chi connectivity index (χ1v) is 12.1. The monoisotopic (exact) mass is 474 g/mol. The number of esters is 1. The maximum absolute atomic E-state index is 12.4. The van der Waals surface area contributed by atoms with E-state index in [0.29, 0.717) is 17.1 Å². The summed E-state index contributed by atoms with van der Waals surface area (Å²) in [5.74, 6) is -0.291. The van der Waals surface area contributed by atoms with E-state index in [-0.39, 0.29) is 29.8 Å². The first-order valence-electron chi connectivity index (χ1n) is 9.69. The van der Waals surface area contributed by atoms with E-state index < -0.39 is 16.0 Å². The molecule has 2 aromatic carbocycles. The van der Waals surface area contributed by atoms with Crippen molar-refractivity contribution in [2.24, 2.45) is 0 Å². The minimum absolute atomic E-state index is 0.103. The zero-order valence-electron chi connectivity index (χ0n) is 17.2. The van der Waals surface area contributed by atoms with Crippen LogP contribution < -0.4 is 14.8 Å². The molecule has 0 bridgehead atoms. The number of benzene rings is 2. The summed E-state index contributed by atoms with van der Waals surface area (Å²) in [5, 5.41) is 4.46. The number of amides is 1. The number of hydrogen-bond acceptors (Lipinski definition) is 7. The van der Waals surface area contributed by atoms with Crippen molar-refractivity contribution in [2.75, 3.05) is 23.3 Å². The largest absolute Gasteiger partial charge is 0.482 e. The van der Waals surface area contributed by atoms with Gasteiger partial charge in [-0.25, -0.2) is 13.2 Å². The van der Waals surface area contributed by atoms with Gasteiger partial charge in [0.05, 0.1) is 13.0 Å². The van der Waals surface area contributed by atoms with Crippen LogP contribution in [0.15, 0.2) is 70.3 Å². The van der Waals surface area contributed by atoms with Gasteiger partial charge in [0.1, 0.15) is 9.96 Å². The third-order valence-electron chi connectivity index (χ3n) is 4.11. The highest BCUT2D eigenvalue weighted by atomic mass is 32.2. The molecule has 1 aromatic heterocycles. The molecule has 32 heavy (non-hydrogen) atoms. The van der Waals surface area contributed by atoms with Gasteiger partial charge in [0.2, 0.25) is 5.91 Å². The molecular weight excluding hydrogens is 452 g/mol. The molecule has 0 saturated carbocycles. The molecule has 1 heterocycles. The lowest BCUT2D eigenvalue weighted by Gasteiger charge is -2.10. The average molecular weight is 475 g/mol. The molecular formula is C22H22N2O6S2. The van der Waals surface area contributed by atoms with E-state index in [9.17, 15) is 18.0 Å². The second-order valence-corrected chi connectivity index (χ2v) is 9.44. The smallest absolute Gasteiger partial charge is 0.344 e. The molecule has 0 radical (unpaired) electrons. The molecule has 0 saturated heterocycles. The highest BCUT2D eigenvalue weighted by Gasteiger charge is 2.15. The van der Waals surface area contributed by atoms with Gasteiger partial charge >= 0.3 is 5.97 Å². The van der Waals surface area contributed by atoms with Crippen LogP contribution in [0.2, 0.25) is 0 Å². The number of hydrogen-bond donors (Lipinski definition) is 2. The fourth-order valence-corrected chi connectivity index (χ4v) is 4.76. The van der Waals surface area contributed by atoms with Gasteiger partial charge in [-0.05, 0) is 48.2 Å². The molecule has 0 spiro atoms. The Bertz CT molecular complexity index is 1160. The summed E-state index contributed by atoms with van der Waals surface area (Å²) in [6.07, 6.45) is 0.103. The first-order chi connectivity index (χ1) is 15.4. The van der Waals surface area contributed by atoms with Gasteiger partial charge in [0.15, 0.2) is 6.61 Å². The Morgan fingerprint density at radius 1 is 1.00 bits per heavy atom. The predicted molar refractivity (Wildman–Crippen MR) is 122 cm³/mol. The first kappa shape index (κ1) is 23.3. The Morgan fingerprint density at radius 2 is 1.78 bits per heavy atom. The number of thiophene rings is 1.